The number of amides is 2. The first-order chi connectivity index (χ1) is 21.8. The first-order valence-electron chi connectivity index (χ1n) is 13.5. The van der Waals surface area contributed by atoms with Crippen LogP contribution in [0.1, 0.15) is 0 Å². The molecule has 2 aromatic rings. The molecule has 258 valence electrons. The fourth-order valence-corrected chi connectivity index (χ4v) is 5.13. The second-order valence-corrected chi connectivity index (χ2v) is 13.2. The van der Waals surface area contributed by atoms with Gasteiger partial charge >= 0.3 is 17.9 Å². The van der Waals surface area contributed by atoms with Crippen molar-refractivity contribution in [3.8, 4) is 0 Å². The maximum absolute atomic E-state index is 12.6. The standard InChI is InChI=1S/C26H35N7O12S2/c27-46(42,43)20-5-1-18(2-6-20)29-22(34)13-32(16-25(38)39)11-9-31(15-24(36)37)10-12-33(17-26(40)41)14-23(35)30-19-3-7-21(8-4-19)47(28,44)45/h1-8H,9-17H2,(H,29,34)(H,30,35)(H,36,37)(H,38,39)(H,40,41)(H2,27,42,43)(H2,28,44,45). The Hall–Kier alpha value is -4.51. The molecule has 2 amide bonds. The van der Waals surface area contributed by atoms with Gasteiger partial charge in [-0.25, -0.2) is 27.1 Å². The molecule has 0 saturated heterocycles. The van der Waals surface area contributed by atoms with Gasteiger partial charge in [0.15, 0.2) is 0 Å². The van der Waals surface area contributed by atoms with Crippen molar-refractivity contribution in [2.24, 2.45) is 10.3 Å². The lowest BCUT2D eigenvalue weighted by molar-refractivity contribution is -0.140. The van der Waals surface area contributed by atoms with E-state index < -0.39 is 82.5 Å². The average Bonchev–Trinajstić information content (AvgIpc) is 2.93. The van der Waals surface area contributed by atoms with E-state index in [2.05, 4.69) is 10.6 Å². The van der Waals surface area contributed by atoms with Gasteiger partial charge in [0.1, 0.15) is 0 Å². The van der Waals surface area contributed by atoms with Crippen LogP contribution in [0.4, 0.5) is 11.4 Å². The van der Waals surface area contributed by atoms with E-state index in [4.69, 9.17) is 10.3 Å². The van der Waals surface area contributed by atoms with Crippen molar-refractivity contribution in [1.29, 1.82) is 0 Å². The van der Waals surface area contributed by atoms with Crippen LogP contribution < -0.4 is 20.9 Å². The molecular formula is C26H35N7O12S2. The van der Waals surface area contributed by atoms with Crippen LogP contribution in [-0.2, 0) is 44.0 Å². The van der Waals surface area contributed by atoms with Crippen LogP contribution in [0.25, 0.3) is 0 Å². The first kappa shape index (κ1) is 38.7. The number of nitrogens with zero attached hydrogens (tertiary/aromatic N) is 3. The number of nitrogens with two attached hydrogens (primary N) is 2. The van der Waals surface area contributed by atoms with Crippen molar-refractivity contribution in [3.05, 3.63) is 48.5 Å². The number of primary sulfonamides is 2. The number of carbonyl (C=O) groups is 5. The van der Waals surface area contributed by atoms with Crippen molar-refractivity contribution in [2.45, 2.75) is 9.79 Å². The maximum atomic E-state index is 12.6. The van der Waals surface area contributed by atoms with Gasteiger partial charge in [-0.1, -0.05) is 0 Å². The highest BCUT2D eigenvalue weighted by molar-refractivity contribution is 7.89. The molecule has 0 aromatic heterocycles. The number of carboxylic acid groups (broad SMARTS) is 3. The van der Waals surface area contributed by atoms with Crippen molar-refractivity contribution in [2.75, 3.05) is 69.5 Å². The fraction of sp³-hybridized carbons (Fsp3) is 0.346. The molecule has 0 saturated carbocycles. The Bertz CT molecular complexity index is 1540. The fourth-order valence-electron chi connectivity index (χ4n) is 4.10. The van der Waals surface area contributed by atoms with E-state index in [0.717, 1.165) is 0 Å². The highest BCUT2D eigenvalue weighted by atomic mass is 32.2. The van der Waals surface area contributed by atoms with Crippen LogP contribution in [0.15, 0.2) is 58.3 Å². The minimum absolute atomic E-state index is 0.0561. The predicted molar refractivity (Wildman–Crippen MR) is 165 cm³/mol. The number of benzene rings is 2. The second-order valence-electron chi connectivity index (χ2n) is 10.1. The van der Waals surface area contributed by atoms with Gasteiger partial charge in [0.25, 0.3) is 0 Å². The molecule has 21 heteroatoms. The van der Waals surface area contributed by atoms with Gasteiger partial charge in [-0.15, -0.1) is 0 Å². The van der Waals surface area contributed by atoms with Crippen LogP contribution in [0.5, 0.6) is 0 Å². The van der Waals surface area contributed by atoms with Crippen LogP contribution in [0, 0.1) is 0 Å². The minimum Gasteiger partial charge on any atom is -0.480 e. The van der Waals surface area contributed by atoms with E-state index in [1.54, 1.807) is 0 Å². The van der Waals surface area contributed by atoms with Gasteiger partial charge < -0.3 is 26.0 Å². The summed E-state index contributed by atoms with van der Waals surface area (Å²) < 4.78 is 45.6. The number of carboxylic acids is 3. The lowest BCUT2D eigenvalue weighted by atomic mass is 10.3. The molecule has 47 heavy (non-hydrogen) atoms. The highest BCUT2D eigenvalue weighted by Gasteiger charge is 2.20. The van der Waals surface area contributed by atoms with Crippen molar-refractivity contribution < 1.29 is 56.1 Å². The Morgan fingerprint density at radius 3 is 1.06 bits per heavy atom. The lowest BCUT2D eigenvalue weighted by Crippen LogP contribution is -2.46. The summed E-state index contributed by atoms with van der Waals surface area (Å²) in [6.07, 6.45) is 0. The monoisotopic (exact) mass is 701 g/mol. The summed E-state index contributed by atoms with van der Waals surface area (Å²) in [5.41, 5.74) is 0.432. The van der Waals surface area contributed by atoms with E-state index in [1.165, 1.54) is 63.2 Å². The van der Waals surface area contributed by atoms with Crippen molar-refractivity contribution in [1.82, 2.24) is 14.7 Å². The molecule has 2 rings (SSSR count). The number of nitrogens with one attached hydrogen (secondary N) is 2. The number of anilines is 2. The summed E-state index contributed by atoms with van der Waals surface area (Å²) >= 11 is 0. The van der Waals surface area contributed by atoms with E-state index in [-0.39, 0.29) is 47.3 Å². The molecule has 19 nitrogen and oxygen atoms in total. The molecule has 0 aliphatic carbocycles. The molecule has 2 aromatic carbocycles. The van der Waals surface area contributed by atoms with Crippen LogP contribution in [0.2, 0.25) is 0 Å². The van der Waals surface area contributed by atoms with Gasteiger partial charge in [0, 0.05) is 37.6 Å². The summed E-state index contributed by atoms with van der Waals surface area (Å²) in [5.74, 6) is -5.05. The maximum Gasteiger partial charge on any atom is 0.317 e. The van der Waals surface area contributed by atoms with E-state index >= 15 is 0 Å². The summed E-state index contributed by atoms with van der Waals surface area (Å²) in [7, 11) is -7.90. The smallest absolute Gasteiger partial charge is 0.317 e. The summed E-state index contributed by atoms with van der Waals surface area (Å²) in [4.78, 5) is 63.0. The number of hydrogen-bond acceptors (Lipinski definition) is 12. The molecule has 0 fully saturated rings. The summed E-state index contributed by atoms with van der Waals surface area (Å²) in [6, 6.07) is 9.87. The molecule has 0 heterocycles. The van der Waals surface area contributed by atoms with E-state index in [9.17, 15) is 56.1 Å². The SMILES string of the molecule is NS(=O)(=O)c1ccc(NC(=O)CN(CCN(CCN(CC(=O)O)CC(=O)Nc2ccc(S(N)(=O)=O)cc2)CC(=O)O)CC(=O)O)cc1. The molecule has 0 bridgehead atoms. The molecule has 0 atom stereocenters. The third kappa shape index (κ3) is 15.1. The first-order valence-corrected chi connectivity index (χ1v) is 16.6. The normalized spacial score (nSPS) is 11.9. The predicted octanol–water partition coefficient (Wildman–Crippen LogP) is -2.28. The summed E-state index contributed by atoms with van der Waals surface area (Å²) in [5, 5.41) is 43.1. The highest BCUT2D eigenvalue weighted by Crippen LogP contribution is 2.14. The second kappa shape index (κ2) is 17.4. The lowest BCUT2D eigenvalue weighted by Gasteiger charge is -2.28. The Balaban J connectivity index is 2.03. The number of aliphatic carboxylic acids is 3. The van der Waals surface area contributed by atoms with Crippen molar-refractivity contribution >= 4 is 61.1 Å². The number of rotatable bonds is 20. The number of hydrogen-bond donors (Lipinski definition) is 7. The molecule has 0 aliphatic rings. The molecule has 9 N–H and O–H groups in total. The Labute approximate surface area is 269 Å². The molecule has 0 spiro atoms. The Kier molecular flexibility index (Phi) is 14.3. The van der Waals surface area contributed by atoms with Gasteiger partial charge in [-0.3, -0.25) is 38.7 Å². The van der Waals surface area contributed by atoms with E-state index in [0.29, 0.717) is 0 Å². The summed E-state index contributed by atoms with van der Waals surface area (Å²) in [6.45, 7) is -2.83. The zero-order valence-corrected chi connectivity index (χ0v) is 26.4. The molecule has 0 radical (unpaired) electrons. The molecule has 0 aliphatic heterocycles. The third-order valence-corrected chi connectivity index (χ3v) is 8.07. The van der Waals surface area contributed by atoms with Gasteiger partial charge in [-0.2, -0.15) is 0 Å². The van der Waals surface area contributed by atoms with E-state index in [1.807, 2.05) is 0 Å². The minimum atomic E-state index is -3.95. The molecule has 0 unspecified atom stereocenters. The van der Waals surface area contributed by atoms with Gasteiger partial charge in [-0.05, 0) is 48.5 Å². The van der Waals surface area contributed by atoms with Crippen LogP contribution >= 0.6 is 0 Å². The van der Waals surface area contributed by atoms with Gasteiger partial charge in [0.2, 0.25) is 31.9 Å². The molecular weight excluding hydrogens is 666 g/mol. The Morgan fingerprint density at radius 2 is 0.787 bits per heavy atom. The average molecular weight is 702 g/mol. The zero-order valence-electron chi connectivity index (χ0n) is 24.8. The van der Waals surface area contributed by atoms with Crippen molar-refractivity contribution in [3.63, 3.8) is 0 Å². The Morgan fingerprint density at radius 1 is 0.511 bits per heavy atom. The van der Waals surface area contributed by atoms with Crippen LogP contribution in [-0.4, -0.2) is 135 Å². The number of carbonyl (C=O) groups excluding carboxylic acids is 2. The zero-order chi connectivity index (χ0) is 35.4. The quantitative estimate of drug-likeness (QED) is 0.0765. The largest absolute Gasteiger partial charge is 0.480 e. The number of sulfonamides is 2. The van der Waals surface area contributed by atoms with Crippen LogP contribution in [0.3, 0.4) is 0 Å². The topological polar surface area (TPSA) is 300 Å². The van der Waals surface area contributed by atoms with Gasteiger partial charge in [0.05, 0.1) is 42.5 Å². The third-order valence-electron chi connectivity index (χ3n) is 6.21.